The number of halogens is 1. The standard InChI is InChI=1S/C11H8FN3O3S/c12-8-4-1-5-9(15-8)19(17,18)11-7(10(13)16)3-2-6-14-11/h1-6H,(H2,13,16). The van der Waals surface area contributed by atoms with Crippen molar-refractivity contribution in [2.75, 3.05) is 0 Å². The van der Waals surface area contributed by atoms with E-state index in [0.717, 1.165) is 12.1 Å². The average molecular weight is 281 g/mol. The van der Waals surface area contributed by atoms with Crippen LogP contribution in [0, 0.1) is 5.95 Å². The third-order valence-electron chi connectivity index (χ3n) is 2.26. The van der Waals surface area contributed by atoms with Crippen molar-refractivity contribution in [1.29, 1.82) is 0 Å². The van der Waals surface area contributed by atoms with Crippen molar-refractivity contribution in [2.24, 2.45) is 5.73 Å². The van der Waals surface area contributed by atoms with E-state index in [9.17, 15) is 17.6 Å². The Morgan fingerprint density at radius 2 is 1.95 bits per heavy atom. The lowest BCUT2D eigenvalue weighted by atomic mass is 10.3. The number of amides is 1. The molecular weight excluding hydrogens is 273 g/mol. The molecule has 0 aromatic carbocycles. The molecule has 0 spiro atoms. The molecule has 98 valence electrons. The van der Waals surface area contributed by atoms with Gasteiger partial charge in [0, 0.05) is 6.20 Å². The molecule has 0 atom stereocenters. The highest BCUT2D eigenvalue weighted by atomic mass is 32.2. The molecule has 0 saturated carbocycles. The lowest BCUT2D eigenvalue weighted by Crippen LogP contribution is -2.18. The SMILES string of the molecule is NC(=O)c1cccnc1S(=O)(=O)c1cccc(F)n1. The maximum atomic E-state index is 13.0. The van der Waals surface area contributed by atoms with E-state index in [2.05, 4.69) is 9.97 Å². The van der Waals surface area contributed by atoms with Gasteiger partial charge in [0.15, 0.2) is 10.1 Å². The third-order valence-corrected chi connectivity index (χ3v) is 3.87. The van der Waals surface area contributed by atoms with Crippen LogP contribution in [0.15, 0.2) is 46.6 Å². The van der Waals surface area contributed by atoms with Crippen LogP contribution in [0.1, 0.15) is 10.4 Å². The lowest BCUT2D eigenvalue weighted by molar-refractivity contribution is 0.0996. The molecule has 8 heteroatoms. The highest BCUT2D eigenvalue weighted by molar-refractivity contribution is 7.91. The Labute approximate surface area is 108 Å². The van der Waals surface area contributed by atoms with Crippen LogP contribution in [-0.2, 0) is 9.84 Å². The fourth-order valence-corrected chi connectivity index (χ4v) is 2.75. The van der Waals surface area contributed by atoms with Gasteiger partial charge >= 0.3 is 0 Å². The van der Waals surface area contributed by atoms with Gasteiger partial charge in [0.25, 0.3) is 5.91 Å². The minimum absolute atomic E-state index is 0.270. The Morgan fingerprint density at radius 1 is 1.21 bits per heavy atom. The Bertz CT molecular complexity index is 746. The molecule has 19 heavy (non-hydrogen) atoms. The maximum absolute atomic E-state index is 13.0. The number of primary amides is 1. The molecule has 0 aliphatic rings. The summed E-state index contributed by atoms with van der Waals surface area (Å²) in [4.78, 5) is 18.1. The zero-order chi connectivity index (χ0) is 14.0. The second-order valence-electron chi connectivity index (χ2n) is 3.52. The minimum atomic E-state index is -4.20. The number of hydrogen-bond donors (Lipinski definition) is 1. The van der Waals surface area contributed by atoms with Gasteiger partial charge in [-0.05, 0) is 24.3 Å². The fourth-order valence-electron chi connectivity index (χ4n) is 1.43. The van der Waals surface area contributed by atoms with E-state index >= 15 is 0 Å². The number of hydrogen-bond acceptors (Lipinski definition) is 5. The van der Waals surface area contributed by atoms with Gasteiger partial charge in [-0.3, -0.25) is 4.79 Å². The molecule has 0 radical (unpaired) electrons. The van der Waals surface area contributed by atoms with Crippen LogP contribution >= 0.6 is 0 Å². The Kier molecular flexibility index (Phi) is 3.26. The summed E-state index contributed by atoms with van der Waals surface area (Å²) in [7, 11) is -4.20. The van der Waals surface area contributed by atoms with Crippen LogP contribution in [0.5, 0.6) is 0 Å². The zero-order valence-electron chi connectivity index (χ0n) is 9.45. The third kappa shape index (κ3) is 2.43. The van der Waals surface area contributed by atoms with E-state index in [1.807, 2.05) is 0 Å². The predicted octanol–water partition coefficient (Wildman–Crippen LogP) is 0.547. The summed E-state index contributed by atoms with van der Waals surface area (Å²) in [5.74, 6) is -1.89. The molecule has 0 saturated heterocycles. The van der Waals surface area contributed by atoms with E-state index in [1.165, 1.54) is 24.4 Å². The van der Waals surface area contributed by atoms with Gasteiger partial charge in [-0.1, -0.05) is 6.07 Å². The molecule has 0 unspecified atom stereocenters. The summed E-state index contributed by atoms with van der Waals surface area (Å²) in [5, 5.41) is -1.07. The molecule has 2 aromatic rings. The van der Waals surface area contributed by atoms with Crippen LogP contribution in [-0.4, -0.2) is 24.3 Å². The molecular formula is C11H8FN3O3S. The second-order valence-corrected chi connectivity index (χ2v) is 5.33. The Balaban J connectivity index is 2.67. The summed E-state index contributed by atoms with van der Waals surface area (Å²) in [6.07, 6.45) is 1.19. The number of carbonyl (C=O) groups excluding carboxylic acids is 1. The number of pyridine rings is 2. The van der Waals surface area contributed by atoms with Gasteiger partial charge < -0.3 is 5.73 Å². The summed E-state index contributed by atoms with van der Waals surface area (Å²) >= 11 is 0. The van der Waals surface area contributed by atoms with E-state index in [-0.39, 0.29) is 5.56 Å². The minimum Gasteiger partial charge on any atom is -0.366 e. The average Bonchev–Trinajstić information content (AvgIpc) is 2.38. The topological polar surface area (TPSA) is 103 Å². The fraction of sp³-hybridized carbons (Fsp3) is 0. The number of rotatable bonds is 3. The van der Waals surface area contributed by atoms with Gasteiger partial charge in [-0.15, -0.1) is 0 Å². The summed E-state index contributed by atoms with van der Waals surface area (Å²) < 4.78 is 37.4. The highest BCUT2D eigenvalue weighted by Crippen LogP contribution is 2.20. The first-order valence-corrected chi connectivity index (χ1v) is 6.53. The summed E-state index contributed by atoms with van der Waals surface area (Å²) in [6, 6.07) is 5.91. The molecule has 0 aliphatic carbocycles. The van der Waals surface area contributed by atoms with E-state index in [0.29, 0.717) is 0 Å². The summed E-state index contributed by atoms with van der Waals surface area (Å²) in [6.45, 7) is 0. The van der Waals surface area contributed by atoms with E-state index in [4.69, 9.17) is 5.73 Å². The van der Waals surface area contributed by atoms with Gasteiger partial charge in [0.05, 0.1) is 5.56 Å². The van der Waals surface area contributed by atoms with Crippen molar-refractivity contribution in [3.8, 4) is 0 Å². The first-order valence-electron chi connectivity index (χ1n) is 5.05. The van der Waals surface area contributed by atoms with E-state index < -0.39 is 31.7 Å². The molecule has 2 aromatic heterocycles. The number of nitrogens with zero attached hydrogens (tertiary/aromatic N) is 2. The van der Waals surface area contributed by atoms with Gasteiger partial charge in [-0.2, -0.15) is 4.39 Å². The van der Waals surface area contributed by atoms with Crippen LogP contribution in [0.25, 0.3) is 0 Å². The summed E-state index contributed by atoms with van der Waals surface area (Å²) in [5.41, 5.74) is 4.81. The highest BCUT2D eigenvalue weighted by Gasteiger charge is 2.26. The Morgan fingerprint density at radius 3 is 2.58 bits per heavy atom. The molecule has 2 N–H and O–H groups in total. The first kappa shape index (κ1) is 13.1. The number of sulfone groups is 1. The quantitative estimate of drug-likeness (QED) is 0.827. The van der Waals surface area contributed by atoms with Crippen molar-refractivity contribution in [3.63, 3.8) is 0 Å². The van der Waals surface area contributed by atoms with Gasteiger partial charge in [-0.25, -0.2) is 18.4 Å². The molecule has 2 rings (SSSR count). The van der Waals surface area contributed by atoms with Crippen LogP contribution in [0.2, 0.25) is 0 Å². The molecule has 6 nitrogen and oxygen atoms in total. The molecule has 0 bridgehead atoms. The molecule has 1 amide bonds. The van der Waals surface area contributed by atoms with Crippen LogP contribution in [0.3, 0.4) is 0 Å². The number of carbonyl (C=O) groups is 1. The number of nitrogens with two attached hydrogens (primary N) is 1. The molecule has 0 fully saturated rings. The van der Waals surface area contributed by atoms with Gasteiger partial charge in [0.1, 0.15) is 0 Å². The zero-order valence-corrected chi connectivity index (χ0v) is 10.3. The molecule has 2 heterocycles. The van der Waals surface area contributed by atoms with Gasteiger partial charge in [0.2, 0.25) is 15.8 Å². The largest absolute Gasteiger partial charge is 0.366 e. The first-order chi connectivity index (χ1) is 8.93. The van der Waals surface area contributed by atoms with Crippen LogP contribution < -0.4 is 5.73 Å². The normalized spacial score (nSPS) is 11.2. The van der Waals surface area contributed by atoms with E-state index in [1.54, 1.807) is 0 Å². The van der Waals surface area contributed by atoms with Crippen molar-refractivity contribution in [1.82, 2.24) is 9.97 Å². The monoisotopic (exact) mass is 281 g/mol. The van der Waals surface area contributed by atoms with Crippen molar-refractivity contribution >= 4 is 15.7 Å². The van der Waals surface area contributed by atoms with Crippen LogP contribution in [0.4, 0.5) is 4.39 Å². The Hall–Kier alpha value is -2.35. The van der Waals surface area contributed by atoms with Crippen molar-refractivity contribution in [3.05, 3.63) is 48.0 Å². The number of aromatic nitrogens is 2. The smallest absolute Gasteiger partial charge is 0.251 e. The molecule has 0 aliphatic heterocycles. The maximum Gasteiger partial charge on any atom is 0.251 e. The second kappa shape index (κ2) is 4.73. The van der Waals surface area contributed by atoms with Crippen molar-refractivity contribution < 1.29 is 17.6 Å². The lowest BCUT2D eigenvalue weighted by Gasteiger charge is -2.06. The van der Waals surface area contributed by atoms with Crippen molar-refractivity contribution in [2.45, 2.75) is 10.1 Å². The predicted molar refractivity (Wildman–Crippen MR) is 62.4 cm³/mol.